The van der Waals surface area contributed by atoms with E-state index in [1.807, 2.05) is 36.6 Å². The molecular weight excluding hydrogens is 489 g/mol. The van der Waals surface area contributed by atoms with Crippen molar-refractivity contribution in [2.75, 3.05) is 5.32 Å². The Kier molecular flexibility index (Phi) is 7.06. The summed E-state index contributed by atoms with van der Waals surface area (Å²) < 4.78 is 7.52. The molecular formula is C23H18Cl3N3O2S. The summed E-state index contributed by atoms with van der Waals surface area (Å²) in [4.78, 5) is 13.2. The molecule has 4 rings (SSSR count). The number of benzene rings is 2. The molecule has 0 fully saturated rings. The second-order valence-corrected chi connectivity index (χ2v) is 9.25. The Morgan fingerprint density at radius 3 is 2.62 bits per heavy atom. The van der Waals surface area contributed by atoms with E-state index in [2.05, 4.69) is 10.4 Å². The molecule has 1 amide bonds. The first-order chi connectivity index (χ1) is 15.4. The number of anilines is 1. The Morgan fingerprint density at radius 1 is 1.03 bits per heavy atom. The second-order valence-electron chi connectivity index (χ2n) is 7.12. The van der Waals surface area contributed by atoms with Gasteiger partial charge in [0.15, 0.2) is 5.82 Å². The normalized spacial score (nSPS) is 10.9. The number of nitrogens with zero attached hydrogens (tertiary/aromatic N) is 2. The van der Waals surface area contributed by atoms with E-state index in [0.717, 1.165) is 22.4 Å². The third-order valence-corrected chi connectivity index (χ3v) is 6.76. The molecule has 0 aliphatic rings. The molecule has 0 aliphatic carbocycles. The van der Waals surface area contributed by atoms with Crippen LogP contribution in [-0.2, 0) is 13.2 Å². The lowest BCUT2D eigenvalue weighted by Crippen LogP contribution is -2.11. The van der Waals surface area contributed by atoms with Gasteiger partial charge in [0, 0.05) is 22.8 Å². The number of hydrogen-bond donors (Lipinski definition) is 1. The minimum Gasteiger partial charge on any atom is -0.489 e. The van der Waals surface area contributed by atoms with E-state index in [-0.39, 0.29) is 5.91 Å². The van der Waals surface area contributed by atoms with Gasteiger partial charge in [0.1, 0.15) is 12.4 Å². The van der Waals surface area contributed by atoms with Gasteiger partial charge in [-0.3, -0.25) is 9.48 Å². The van der Waals surface area contributed by atoms with Crippen molar-refractivity contribution < 1.29 is 9.53 Å². The van der Waals surface area contributed by atoms with E-state index < -0.39 is 0 Å². The molecule has 0 saturated heterocycles. The van der Waals surface area contributed by atoms with Crippen molar-refractivity contribution in [3.05, 3.63) is 96.7 Å². The number of amides is 1. The summed E-state index contributed by atoms with van der Waals surface area (Å²) in [6, 6.07) is 14.5. The van der Waals surface area contributed by atoms with Crippen molar-refractivity contribution in [3.63, 3.8) is 0 Å². The third-order valence-electron chi connectivity index (χ3n) is 4.62. The topological polar surface area (TPSA) is 56.1 Å². The van der Waals surface area contributed by atoms with E-state index in [0.29, 0.717) is 38.9 Å². The smallest absolute Gasteiger partial charge is 0.266 e. The molecule has 2 aromatic heterocycles. The molecule has 9 heteroatoms. The molecule has 164 valence electrons. The van der Waals surface area contributed by atoms with Crippen LogP contribution in [0.25, 0.3) is 0 Å². The maximum atomic E-state index is 12.6. The summed E-state index contributed by atoms with van der Waals surface area (Å²) in [5, 5.41) is 10.8. The zero-order valence-corrected chi connectivity index (χ0v) is 20.0. The average molecular weight is 507 g/mol. The van der Waals surface area contributed by atoms with Gasteiger partial charge >= 0.3 is 0 Å². The molecule has 0 aliphatic heterocycles. The molecule has 0 bridgehead atoms. The van der Waals surface area contributed by atoms with Gasteiger partial charge in [0.25, 0.3) is 5.91 Å². The molecule has 1 N–H and O–H groups in total. The van der Waals surface area contributed by atoms with Crippen LogP contribution in [0.15, 0.2) is 60.1 Å². The van der Waals surface area contributed by atoms with Gasteiger partial charge in [-0.05, 0) is 59.8 Å². The second kappa shape index (κ2) is 9.96. The van der Waals surface area contributed by atoms with Crippen LogP contribution in [0.4, 0.5) is 5.82 Å². The summed E-state index contributed by atoms with van der Waals surface area (Å²) in [7, 11) is 0. The van der Waals surface area contributed by atoms with Gasteiger partial charge in [0.05, 0.1) is 21.5 Å². The molecule has 32 heavy (non-hydrogen) atoms. The van der Waals surface area contributed by atoms with Crippen molar-refractivity contribution in [1.29, 1.82) is 0 Å². The van der Waals surface area contributed by atoms with Crippen molar-refractivity contribution in [3.8, 4) is 5.75 Å². The fraction of sp³-hybridized carbons (Fsp3) is 0.130. The highest BCUT2D eigenvalue weighted by atomic mass is 35.5. The molecule has 5 nitrogen and oxygen atoms in total. The lowest BCUT2D eigenvalue weighted by Gasteiger charge is -2.06. The number of rotatable bonds is 7. The van der Waals surface area contributed by atoms with E-state index in [4.69, 9.17) is 39.5 Å². The molecule has 0 atom stereocenters. The van der Waals surface area contributed by atoms with Crippen molar-refractivity contribution in [1.82, 2.24) is 9.78 Å². The minimum absolute atomic E-state index is 0.219. The van der Waals surface area contributed by atoms with Gasteiger partial charge in [-0.25, -0.2) is 0 Å². The highest BCUT2D eigenvalue weighted by Gasteiger charge is 2.12. The molecule has 2 aromatic carbocycles. The van der Waals surface area contributed by atoms with Crippen molar-refractivity contribution in [2.45, 2.75) is 20.1 Å². The van der Waals surface area contributed by atoms with Crippen molar-refractivity contribution >= 4 is 57.9 Å². The molecule has 2 heterocycles. The van der Waals surface area contributed by atoms with E-state index in [1.165, 1.54) is 11.3 Å². The Balaban J connectivity index is 1.33. The van der Waals surface area contributed by atoms with Crippen LogP contribution in [0.1, 0.15) is 26.4 Å². The lowest BCUT2D eigenvalue weighted by molar-refractivity contribution is 0.103. The highest BCUT2D eigenvalue weighted by molar-refractivity contribution is 7.12. The number of thiophene rings is 1. The quantitative estimate of drug-likeness (QED) is 0.291. The van der Waals surface area contributed by atoms with Crippen LogP contribution in [0.5, 0.6) is 5.75 Å². The maximum absolute atomic E-state index is 12.6. The van der Waals surface area contributed by atoms with Crippen molar-refractivity contribution in [2.24, 2.45) is 0 Å². The van der Waals surface area contributed by atoms with Gasteiger partial charge < -0.3 is 10.1 Å². The Hall–Kier alpha value is -2.51. The van der Waals surface area contributed by atoms with Crippen LogP contribution >= 0.6 is 46.1 Å². The summed E-state index contributed by atoms with van der Waals surface area (Å²) >= 11 is 19.4. The van der Waals surface area contributed by atoms with E-state index >= 15 is 0 Å². The first-order valence-electron chi connectivity index (χ1n) is 9.62. The lowest BCUT2D eigenvalue weighted by atomic mass is 10.2. The van der Waals surface area contributed by atoms with Gasteiger partial charge in [0.2, 0.25) is 0 Å². The average Bonchev–Trinajstić information content (AvgIpc) is 3.41. The molecule has 0 spiro atoms. The number of aromatic nitrogens is 2. The fourth-order valence-electron chi connectivity index (χ4n) is 2.96. The van der Waals surface area contributed by atoms with Crippen LogP contribution < -0.4 is 10.1 Å². The number of aryl methyl sites for hydroxylation is 1. The van der Waals surface area contributed by atoms with Crippen LogP contribution in [0.3, 0.4) is 0 Å². The fourth-order valence-corrected chi connectivity index (χ4v) is 4.19. The zero-order valence-electron chi connectivity index (χ0n) is 16.9. The number of hydrogen-bond acceptors (Lipinski definition) is 4. The summed E-state index contributed by atoms with van der Waals surface area (Å²) in [6.07, 6.45) is 1.79. The van der Waals surface area contributed by atoms with Crippen LogP contribution in [-0.4, -0.2) is 15.7 Å². The van der Waals surface area contributed by atoms with Gasteiger partial charge in [-0.15, -0.1) is 11.3 Å². The monoisotopic (exact) mass is 505 g/mol. The SMILES string of the molecule is Cc1cc(OCc2csc(C(=O)Nc3ccn(Cc4ccc(Cl)c(Cl)c4)n3)c2)ccc1Cl. The third kappa shape index (κ3) is 5.64. The standard InChI is InChI=1S/C23H18Cl3N3O2S/c1-14-8-17(3-5-18(14)24)31-12-16-10-21(32-13-16)23(30)27-22-6-7-29(28-22)11-15-2-4-19(25)20(26)9-15/h2-10,13H,11-12H2,1H3,(H,27,28,30). The Morgan fingerprint density at radius 2 is 1.84 bits per heavy atom. The highest BCUT2D eigenvalue weighted by Crippen LogP contribution is 2.24. The minimum atomic E-state index is -0.219. The largest absolute Gasteiger partial charge is 0.489 e. The maximum Gasteiger partial charge on any atom is 0.266 e. The first kappa shape index (κ1) is 22.7. The van der Waals surface area contributed by atoms with E-state index in [9.17, 15) is 4.79 Å². The Bertz CT molecular complexity index is 1270. The first-order valence-corrected chi connectivity index (χ1v) is 11.6. The predicted molar refractivity (Wildman–Crippen MR) is 131 cm³/mol. The zero-order chi connectivity index (χ0) is 22.7. The Labute approximate surface area is 204 Å². The summed E-state index contributed by atoms with van der Waals surface area (Å²) in [5.74, 6) is 0.984. The van der Waals surface area contributed by atoms with Gasteiger partial charge in [-0.1, -0.05) is 40.9 Å². The number of nitrogens with one attached hydrogen (secondary N) is 1. The molecule has 4 aromatic rings. The number of halogens is 3. The van der Waals surface area contributed by atoms with Crippen LogP contribution in [0, 0.1) is 6.92 Å². The number of carbonyl (C=O) groups excluding carboxylic acids is 1. The summed E-state index contributed by atoms with van der Waals surface area (Å²) in [5.41, 5.74) is 2.82. The number of ether oxygens (including phenoxy) is 1. The van der Waals surface area contributed by atoms with E-state index in [1.54, 1.807) is 35.1 Å². The van der Waals surface area contributed by atoms with Crippen LogP contribution in [0.2, 0.25) is 15.1 Å². The molecule has 0 radical (unpaired) electrons. The predicted octanol–water partition coefficient (Wildman–Crippen LogP) is 7.09. The number of carbonyl (C=O) groups is 1. The molecule has 0 saturated carbocycles. The summed E-state index contributed by atoms with van der Waals surface area (Å²) in [6.45, 7) is 2.80. The molecule has 0 unspecified atom stereocenters. The van der Waals surface area contributed by atoms with Gasteiger partial charge in [-0.2, -0.15) is 5.10 Å².